The van der Waals surface area contributed by atoms with Gasteiger partial charge in [0.15, 0.2) is 0 Å². The van der Waals surface area contributed by atoms with Crippen LogP contribution in [0.5, 0.6) is 0 Å². The maximum Gasteiger partial charge on any atom is 0.256 e. The summed E-state index contributed by atoms with van der Waals surface area (Å²) in [5.41, 5.74) is 2.73. The predicted octanol–water partition coefficient (Wildman–Crippen LogP) is 5.75. The van der Waals surface area contributed by atoms with Crippen molar-refractivity contribution in [3.8, 4) is 0 Å². The van der Waals surface area contributed by atoms with Gasteiger partial charge in [0, 0.05) is 59.2 Å². The number of amides is 1. The lowest BCUT2D eigenvalue weighted by atomic mass is 10.0. The molecule has 1 N–H and O–H groups in total. The Bertz CT molecular complexity index is 1090. The Labute approximate surface area is 193 Å². The number of rotatable bonds is 6. The first-order valence-corrected chi connectivity index (χ1v) is 12.5. The standard InChI is InChI=1S/C26H29N3O2S/c30-26(21-8-2-3-9-25(21)32-18-19-7-6-16-31-19)28-23-10-11-24(29-14-4-1-5-15-29)20-12-13-27-17-22(20)23/h2-3,8-13,17,19H,1,4-7,14-16,18H2,(H,28,30)/t19-/m1/s1. The van der Waals surface area contributed by atoms with Gasteiger partial charge in [0.2, 0.25) is 0 Å². The summed E-state index contributed by atoms with van der Waals surface area (Å²) >= 11 is 1.70. The van der Waals surface area contributed by atoms with E-state index in [0.717, 1.165) is 59.6 Å². The van der Waals surface area contributed by atoms with Crippen LogP contribution in [0.25, 0.3) is 10.8 Å². The lowest BCUT2D eigenvalue weighted by Gasteiger charge is -2.30. The molecule has 6 heteroatoms. The molecule has 0 radical (unpaired) electrons. The monoisotopic (exact) mass is 447 g/mol. The molecule has 0 unspecified atom stereocenters. The van der Waals surface area contributed by atoms with Gasteiger partial charge >= 0.3 is 0 Å². The molecule has 5 nitrogen and oxygen atoms in total. The van der Waals surface area contributed by atoms with Crippen molar-refractivity contribution in [1.29, 1.82) is 0 Å². The number of aromatic nitrogens is 1. The van der Waals surface area contributed by atoms with Gasteiger partial charge in [0.1, 0.15) is 0 Å². The maximum atomic E-state index is 13.3. The molecule has 1 amide bonds. The summed E-state index contributed by atoms with van der Waals surface area (Å²) in [5.74, 6) is 0.790. The molecule has 1 atom stereocenters. The van der Waals surface area contributed by atoms with E-state index in [2.05, 4.69) is 27.3 Å². The van der Waals surface area contributed by atoms with Crippen LogP contribution < -0.4 is 10.2 Å². The lowest BCUT2D eigenvalue weighted by Crippen LogP contribution is -2.29. The second-order valence-corrected chi connectivity index (χ2v) is 9.56. The highest BCUT2D eigenvalue weighted by molar-refractivity contribution is 7.99. The van der Waals surface area contributed by atoms with Crippen LogP contribution in [0.2, 0.25) is 0 Å². The van der Waals surface area contributed by atoms with Crippen molar-refractivity contribution in [3.63, 3.8) is 0 Å². The SMILES string of the molecule is O=C(Nc1ccc(N2CCCCC2)c2ccncc12)c1ccccc1SC[C@H]1CCCO1. The van der Waals surface area contributed by atoms with Crippen molar-refractivity contribution < 1.29 is 9.53 Å². The number of anilines is 2. The summed E-state index contributed by atoms with van der Waals surface area (Å²) in [6.45, 7) is 3.01. The van der Waals surface area contributed by atoms with Crippen molar-refractivity contribution in [3.05, 3.63) is 60.4 Å². The van der Waals surface area contributed by atoms with E-state index in [0.29, 0.717) is 5.56 Å². The largest absolute Gasteiger partial charge is 0.377 e. The van der Waals surface area contributed by atoms with Crippen molar-refractivity contribution in [2.45, 2.75) is 43.1 Å². The molecule has 0 saturated carbocycles. The fraction of sp³-hybridized carbons (Fsp3) is 0.385. The van der Waals surface area contributed by atoms with Crippen LogP contribution in [0.15, 0.2) is 59.8 Å². The van der Waals surface area contributed by atoms with Gasteiger partial charge in [-0.3, -0.25) is 9.78 Å². The topological polar surface area (TPSA) is 54.5 Å². The smallest absolute Gasteiger partial charge is 0.256 e. The number of fused-ring (bicyclic) bond motifs is 1. The normalized spacial score (nSPS) is 18.8. The number of hydrogen-bond donors (Lipinski definition) is 1. The third kappa shape index (κ3) is 4.62. The van der Waals surface area contributed by atoms with Gasteiger partial charge in [-0.2, -0.15) is 0 Å². The van der Waals surface area contributed by atoms with Crippen LogP contribution in [-0.4, -0.2) is 42.4 Å². The van der Waals surface area contributed by atoms with Gasteiger partial charge < -0.3 is 15.0 Å². The Hall–Kier alpha value is -2.57. The Kier molecular flexibility index (Phi) is 6.60. The predicted molar refractivity (Wildman–Crippen MR) is 132 cm³/mol. The molecule has 0 spiro atoms. The van der Waals surface area contributed by atoms with Crippen LogP contribution in [0.1, 0.15) is 42.5 Å². The molecule has 32 heavy (non-hydrogen) atoms. The summed E-state index contributed by atoms with van der Waals surface area (Å²) in [6.07, 6.45) is 9.96. The molecule has 2 aliphatic rings. The minimum atomic E-state index is -0.0867. The Morgan fingerprint density at radius 1 is 1.06 bits per heavy atom. The summed E-state index contributed by atoms with van der Waals surface area (Å²) in [7, 11) is 0. The van der Waals surface area contributed by atoms with Gasteiger partial charge in [-0.1, -0.05) is 12.1 Å². The third-order valence-electron chi connectivity index (χ3n) is 6.32. The van der Waals surface area contributed by atoms with Crippen molar-refractivity contribution >= 4 is 39.8 Å². The average molecular weight is 448 g/mol. The highest BCUT2D eigenvalue weighted by Gasteiger charge is 2.19. The highest BCUT2D eigenvalue weighted by Crippen LogP contribution is 2.34. The van der Waals surface area contributed by atoms with Gasteiger partial charge in [-0.25, -0.2) is 0 Å². The molecule has 5 rings (SSSR count). The fourth-order valence-corrected chi connectivity index (χ4v) is 5.74. The second-order valence-electron chi connectivity index (χ2n) is 8.50. The average Bonchev–Trinajstić information content (AvgIpc) is 3.37. The van der Waals surface area contributed by atoms with Crippen molar-refractivity contribution in [1.82, 2.24) is 4.98 Å². The van der Waals surface area contributed by atoms with E-state index in [9.17, 15) is 4.79 Å². The van der Waals surface area contributed by atoms with Crippen LogP contribution in [-0.2, 0) is 4.74 Å². The van der Waals surface area contributed by atoms with Crippen LogP contribution >= 0.6 is 11.8 Å². The fourth-order valence-electron chi connectivity index (χ4n) is 4.62. The molecule has 2 saturated heterocycles. The second kappa shape index (κ2) is 9.92. The number of hydrogen-bond acceptors (Lipinski definition) is 5. The Balaban J connectivity index is 1.38. The quantitative estimate of drug-likeness (QED) is 0.488. The molecule has 166 valence electrons. The lowest BCUT2D eigenvalue weighted by molar-refractivity contribution is 0.102. The highest BCUT2D eigenvalue weighted by atomic mass is 32.2. The zero-order valence-corrected chi connectivity index (χ0v) is 19.1. The molecule has 3 aromatic rings. The number of benzene rings is 2. The molecule has 2 fully saturated rings. The minimum absolute atomic E-state index is 0.0867. The van der Waals surface area contributed by atoms with E-state index in [1.165, 1.54) is 24.9 Å². The van der Waals surface area contributed by atoms with Crippen LogP contribution in [0.4, 0.5) is 11.4 Å². The van der Waals surface area contributed by atoms with E-state index in [1.54, 1.807) is 11.8 Å². The summed E-state index contributed by atoms with van der Waals surface area (Å²) < 4.78 is 5.75. The van der Waals surface area contributed by atoms with E-state index < -0.39 is 0 Å². The first kappa shape index (κ1) is 21.3. The van der Waals surface area contributed by atoms with E-state index in [1.807, 2.05) is 42.7 Å². The molecular weight excluding hydrogens is 418 g/mol. The number of carbonyl (C=O) groups excluding carboxylic acids is 1. The number of carbonyl (C=O) groups is 1. The number of nitrogens with one attached hydrogen (secondary N) is 1. The van der Waals surface area contributed by atoms with E-state index in [-0.39, 0.29) is 12.0 Å². The number of thioether (sulfide) groups is 1. The summed E-state index contributed by atoms with van der Waals surface area (Å²) in [6, 6.07) is 14.0. The number of nitrogens with zero attached hydrogens (tertiary/aromatic N) is 2. The van der Waals surface area contributed by atoms with E-state index >= 15 is 0 Å². The van der Waals surface area contributed by atoms with Crippen molar-refractivity contribution in [2.24, 2.45) is 0 Å². The summed E-state index contributed by atoms with van der Waals surface area (Å²) in [5, 5.41) is 5.28. The molecule has 2 aromatic carbocycles. The van der Waals surface area contributed by atoms with Gasteiger partial charge in [0.25, 0.3) is 5.91 Å². The summed E-state index contributed by atoms with van der Waals surface area (Å²) in [4.78, 5) is 21.1. The van der Waals surface area contributed by atoms with Crippen LogP contribution in [0.3, 0.4) is 0 Å². The molecule has 3 heterocycles. The Morgan fingerprint density at radius 2 is 1.94 bits per heavy atom. The molecule has 1 aromatic heterocycles. The van der Waals surface area contributed by atoms with Crippen molar-refractivity contribution in [2.75, 3.05) is 35.7 Å². The van der Waals surface area contributed by atoms with Gasteiger partial charge in [0.05, 0.1) is 17.4 Å². The van der Waals surface area contributed by atoms with Gasteiger partial charge in [-0.05, 0) is 62.4 Å². The Morgan fingerprint density at radius 3 is 2.78 bits per heavy atom. The first-order chi connectivity index (χ1) is 15.8. The number of pyridine rings is 1. The zero-order valence-electron chi connectivity index (χ0n) is 18.3. The zero-order chi connectivity index (χ0) is 21.8. The number of ether oxygens (including phenoxy) is 1. The molecule has 0 bridgehead atoms. The maximum absolute atomic E-state index is 13.3. The molecule has 2 aliphatic heterocycles. The van der Waals surface area contributed by atoms with E-state index in [4.69, 9.17) is 4.74 Å². The van der Waals surface area contributed by atoms with Crippen LogP contribution in [0, 0.1) is 0 Å². The molecular formula is C26H29N3O2S. The first-order valence-electron chi connectivity index (χ1n) is 11.6. The molecule has 0 aliphatic carbocycles. The number of piperidine rings is 1. The minimum Gasteiger partial charge on any atom is -0.377 e. The van der Waals surface area contributed by atoms with Gasteiger partial charge in [-0.15, -0.1) is 11.8 Å². The third-order valence-corrected chi connectivity index (χ3v) is 7.53.